The zero-order valence-electron chi connectivity index (χ0n) is 19.1. The van der Waals surface area contributed by atoms with Gasteiger partial charge in [0.05, 0.1) is 5.69 Å². The maximum Gasteiger partial charge on any atom is 0.407 e. The van der Waals surface area contributed by atoms with Gasteiger partial charge in [-0.1, -0.05) is 12.1 Å². The molecule has 0 radical (unpaired) electrons. The third-order valence-electron chi connectivity index (χ3n) is 5.41. The number of carbonyl (C=O) groups is 2. The number of benzene rings is 2. The monoisotopic (exact) mass is 465 g/mol. The summed E-state index contributed by atoms with van der Waals surface area (Å²) >= 11 is 0. The van der Waals surface area contributed by atoms with E-state index in [0.717, 1.165) is 22.8 Å². The number of rotatable bonds is 5. The molecule has 0 fully saturated rings. The van der Waals surface area contributed by atoms with Crippen LogP contribution in [0.15, 0.2) is 54.7 Å². The normalized spacial score (nSPS) is 13.7. The Kier molecular flexibility index (Phi) is 6.32. The van der Waals surface area contributed by atoms with Gasteiger partial charge in [-0.3, -0.25) is 9.78 Å². The van der Waals surface area contributed by atoms with Crippen LogP contribution in [0.3, 0.4) is 0 Å². The number of hydrogen-bond donors (Lipinski definition) is 2. The quantitative estimate of drug-likeness (QED) is 0.560. The van der Waals surface area contributed by atoms with E-state index in [4.69, 9.17) is 4.74 Å². The molecule has 2 heterocycles. The number of hydrogen-bond acceptors (Lipinski definition) is 4. The van der Waals surface area contributed by atoms with Crippen LogP contribution in [0.25, 0.3) is 11.1 Å². The second-order valence-electron chi connectivity index (χ2n) is 9.13. The van der Waals surface area contributed by atoms with Gasteiger partial charge in [-0.25, -0.2) is 13.6 Å². The molecule has 0 spiro atoms. The van der Waals surface area contributed by atoms with Gasteiger partial charge in [0.2, 0.25) is 0 Å². The number of fused-ring (bicyclic) bond motifs is 1. The molecule has 1 aromatic heterocycles. The zero-order valence-corrected chi connectivity index (χ0v) is 19.1. The molecule has 0 saturated heterocycles. The fourth-order valence-corrected chi connectivity index (χ4v) is 3.99. The molecule has 1 aliphatic rings. The van der Waals surface area contributed by atoms with Gasteiger partial charge in [-0.15, -0.1) is 0 Å². The van der Waals surface area contributed by atoms with Crippen LogP contribution < -0.4 is 10.6 Å². The summed E-state index contributed by atoms with van der Waals surface area (Å²) in [4.78, 5) is 28.8. The molecule has 0 aliphatic carbocycles. The van der Waals surface area contributed by atoms with Gasteiger partial charge >= 0.3 is 6.09 Å². The van der Waals surface area contributed by atoms with E-state index in [0.29, 0.717) is 23.4 Å². The largest absolute Gasteiger partial charge is 0.444 e. The summed E-state index contributed by atoms with van der Waals surface area (Å²) in [6.45, 7) is 5.67. The van der Waals surface area contributed by atoms with Crippen molar-refractivity contribution < 1.29 is 23.1 Å². The molecule has 2 N–H and O–H groups in total. The van der Waals surface area contributed by atoms with Gasteiger partial charge in [-0.05, 0) is 67.8 Å². The smallest absolute Gasteiger partial charge is 0.407 e. The third kappa shape index (κ3) is 5.22. The highest BCUT2D eigenvalue weighted by Gasteiger charge is 2.25. The summed E-state index contributed by atoms with van der Waals surface area (Å²) in [7, 11) is 0. The van der Waals surface area contributed by atoms with Gasteiger partial charge in [-0.2, -0.15) is 0 Å². The highest BCUT2D eigenvalue weighted by atomic mass is 19.1. The van der Waals surface area contributed by atoms with Gasteiger partial charge in [0.1, 0.15) is 17.2 Å². The molecule has 34 heavy (non-hydrogen) atoms. The fourth-order valence-electron chi connectivity index (χ4n) is 3.99. The Morgan fingerprint density at radius 3 is 2.56 bits per heavy atom. The van der Waals surface area contributed by atoms with E-state index < -0.39 is 29.2 Å². The minimum absolute atomic E-state index is 0.00675. The standard InChI is InChI=1S/C26H25F2N3O3/c1-26(2,3)34-25(33)31-14-22(16-10-18(27)12-19(28)11-16)23-20(5-4-8-29-23)15-6-7-21-17(9-15)13-30-24(21)32/h4-12,22H,13-14H2,1-3H3,(H,30,32)(H,31,33)/t22-/m1/s1. The van der Waals surface area contributed by atoms with E-state index in [-0.39, 0.29) is 12.5 Å². The van der Waals surface area contributed by atoms with Crippen LogP contribution in [0.5, 0.6) is 0 Å². The third-order valence-corrected chi connectivity index (χ3v) is 5.41. The van der Waals surface area contributed by atoms with Crippen molar-refractivity contribution in [3.8, 4) is 11.1 Å². The number of nitrogens with zero attached hydrogens (tertiary/aromatic N) is 1. The molecule has 0 saturated carbocycles. The lowest BCUT2D eigenvalue weighted by atomic mass is 9.89. The maximum absolute atomic E-state index is 14.1. The molecule has 0 unspecified atom stereocenters. The zero-order chi connectivity index (χ0) is 24.5. The van der Waals surface area contributed by atoms with E-state index >= 15 is 0 Å². The van der Waals surface area contributed by atoms with Gasteiger partial charge in [0.25, 0.3) is 5.91 Å². The minimum Gasteiger partial charge on any atom is -0.444 e. The molecule has 6 nitrogen and oxygen atoms in total. The summed E-state index contributed by atoms with van der Waals surface area (Å²) in [6, 6.07) is 12.3. The lowest BCUT2D eigenvalue weighted by Gasteiger charge is -2.23. The van der Waals surface area contributed by atoms with Crippen LogP contribution in [-0.2, 0) is 11.3 Å². The average molecular weight is 466 g/mol. The van der Waals surface area contributed by atoms with Crippen LogP contribution >= 0.6 is 0 Å². The number of pyridine rings is 1. The Morgan fingerprint density at radius 1 is 1.12 bits per heavy atom. The molecule has 2 amide bonds. The van der Waals surface area contributed by atoms with E-state index in [1.165, 1.54) is 12.1 Å². The topological polar surface area (TPSA) is 80.3 Å². The predicted molar refractivity (Wildman–Crippen MR) is 123 cm³/mol. The minimum atomic E-state index is -0.725. The Bertz CT molecular complexity index is 1230. The summed E-state index contributed by atoms with van der Waals surface area (Å²) < 4.78 is 33.6. The van der Waals surface area contributed by atoms with Crippen molar-refractivity contribution in [2.75, 3.05) is 6.54 Å². The Labute approximate surface area is 196 Å². The summed E-state index contributed by atoms with van der Waals surface area (Å²) in [5, 5.41) is 5.49. The molecule has 1 aliphatic heterocycles. The average Bonchev–Trinajstić information content (AvgIpc) is 3.12. The number of alkyl carbamates (subject to hydrolysis) is 1. The Balaban J connectivity index is 1.75. The van der Waals surface area contributed by atoms with Crippen LogP contribution in [0.1, 0.15) is 53.9 Å². The van der Waals surface area contributed by atoms with E-state index in [1.54, 1.807) is 39.1 Å². The van der Waals surface area contributed by atoms with E-state index in [2.05, 4.69) is 15.6 Å². The number of amides is 2. The molecule has 0 bridgehead atoms. The summed E-state index contributed by atoms with van der Waals surface area (Å²) in [5.74, 6) is -2.24. The van der Waals surface area contributed by atoms with Crippen LogP contribution in [0, 0.1) is 11.6 Å². The second-order valence-corrected chi connectivity index (χ2v) is 9.13. The van der Waals surface area contributed by atoms with E-state index in [1.807, 2.05) is 18.2 Å². The molecular weight excluding hydrogens is 440 g/mol. The predicted octanol–water partition coefficient (Wildman–Crippen LogP) is 4.93. The first kappa shape index (κ1) is 23.4. The van der Waals surface area contributed by atoms with Crippen LogP contribution in [-0.4, -0.2) is 29.1 Å². The number of nitrogens with one attached hydrogen (secondary N) is 2. The maximum atomic E-state index is 14.1. The van der Waals surface area contributed by atoms with Crippen molar-refractivity contribution in [1.82, 2.24) is 15.6 Å². The lowest BCUT2D eigenvalue weighted by Crippen LogP contribution is -2.35. The number of ether oxygens (including phenoxy) is 1. The Hall–Kier alpha value is -3.81. The highest BCUT2D eigenvalue weighted by Crippen LogP contribution is 2.34. The molecule has 176 valence electrons. The highest BCUT2D eigenvalue weighted by molar-refractivity contribution is 5.99. The number of aromatic nitrogens is 1. The van der Waals surface area contributed by atoms with Crippen LogP contribution in [0.4, 0.5) is 13.6 Å². The first-order chi connectivity index (χ1) is 16.1. The second kappa shape index (κ2) is 9.21. The lowest BCUT2D eigenvalue weighted by molar-refractivity contribution is 0.0526. The fraction of sp³-hybridized carbons (Fsp3) is 0.269. The first-order valence-corrected chi connectivity index (χ1v) is 10.9. The van der Waals surface area contributed by atoms with Crippen molar-refractivity contribution in [1.29, 1.82) is 0 Å². The number of carbonyl (C=O) groups excluding carboxylic acids is 2. The molecule has 3 aromatic rings. The van der Waals surface area contributed by atoms with Crippen molar-refractivity contribution in [3.63, 3.8) is 0 Å². The first-order valence-electron chi connectivity index (χ1n) is 10.9. The van der Waals surface area contributed by atoms with Crippen molar-refractivity contribution in [3.05, 3.63) is 88.7 Å². The van der Waals surface area contributed by atoms with Gasteiger partial charge in [0, 0.05) is 42.4 Å². The van der Waals surface area contributed by atoms with E-state index in [9.17, 15) is 18.4 Å². The summed E-state index contributed by atoms with van der Waals surface area (Å²) in [5.41, 5.74) is 3.16. The summed E-state index contributed by atoms with van der Waals surface area (Å²) in [6.07, 6.45) is 0.946. The SMILES string of the molecule is CC(C)(C)OC(=O)NC[C@H](c1cc(F)cc(F)c1)c1ncccc1-c1ccc2c(c1)CNC2=O. The Morgan fingerprint density at radius 2 is 1.85 bits per heavy atom. The molecular formula is C26H25F2N3O3. The number of halogens is 2. The van der Waals surface area contributed by atoms with Crippen molar-refractivity contribution in [2.24, 2.45) is 0 Å². The molecule has 1 atom stereocenters. The molecule has 2 aromatic carbocycles. The van der Waals surface area contributed by atoms with Crippen molar-refractivity contribution in [2.45, 2.75) is 38.8 Å². The van der Waals surface area contributed by atoms with Crippen molar-refractivity contribution >= 4 is 12.0 Å². The van der Waals surface area contributed by atoms with Gasteiger partial charge in [0.15, 0.2) is 0 Å². The van der Waals surface area contributed by atoms with Gasteiger partial charge < -0.3 is 15.4 Å². The molecule has 4 rings (SSSR count). The van der Waals surface area contributed by atoms with Crippen LogP contribution in [0.2, 0.25) is 0 Å². The molecule has 8 heteroatoms.